The zero-order valence-electron chi connectivity index (χ0n) is 15.5. The van der Waals surface area contributed by atoms with E-state index in [9.17, 15) is 13.0 Å². The van der Waals surface area contributed by atoms with Gasteiger partial charge >= 0.3 is 0 Å². The maximum absolute atomic E-state index is 14.7. The Kier molecular flexibility index (Phi) is 5.18. The molecule has 1 aromatic carbocycles. The lowest BCUT2D eigenvalue weighted by atomic mass is 10.0. The summed E-state index contributed by atoms with van der Waals surface area (Å²) in [4.78, 5) is 8.32. The van der Waals surface area contributed by atoms with E-state index in [1.165, 1.54) is 34.6 Å². The van der Waals surface area contributed by atoms with E-state index in [1.807, 2.05) is 0 Å². The van der Waals surface area contributed by atoms with Gasteiger partial charge in [0, 0.05) is 12.6 Å². The molecule has 0 fully saturated rings. The Hall–Kier alpha value is -3.01. The van der Waals surface area contributed by atoms with Gasteiger partial charge in [-0.3, -0.25) is 4.31 Å². The van der Waals surface area contributed by atoms with Crippen molar-refractivity contribution in [2.45, 2.75) is 6.04 Å². The van der Waals surface area contributed by atoms with Crippen molar-refractivity contribution >= 4 is 28.8 Å². The van der Waals surface area contributed by atoms with Crippen LogP contribution in [0.1, 0.15) is 22.9 Å². The number of fused-ring (bicyclic) bond motifs is 1. The molecule has 0 aliphatic carbocycles. The molecule has 0 amide bonds. The van der Waals surface area contributed by atoms with E-state index in [2.05, 4.69) is 9.98 Å². The van der Waals surface area contributed by atoms with Gasteiger partial charge in [0.1, 0.15) is 41.5 Å². The first-order valence-corrected chi connectivity index (χ1v) is 10.1. The summed E-state index contributed by atoms with van der Waals surface area (Å²) in [6, 6.07) is 6.49. The number of hydrogen-bond donors (Lipinski definition) is 1. The van der Waals surface area contributed by atoms with Gasteiger partial charge in [0.15, 0.2) is 5.75 Å². The van der Waals surface area contributed by atoms with Crippen molar-refractivity contribution in [2.24, 2.45) is 10.7 Å². The van der Waals surface area contributed by atoms with E-state index in [-0.39, 0.29) is 28.8 Å². The topological polar surface area (TPSA) is 90.0 Å². The Morgan fingerprint density at radius 1 is 1.31 bits per heavy atom. The summed E-state index contributed by atoms with van der Waals surface area (Å²) in [7, 11) is 0.135. The molecule has 152 valence electrons. The zero-order valence-corrected chi connectivity index (χ0v) is 16.3. The minimum Gasteiger partial charge on any atom is -0.484 e. The summed E-state index contributed by atoms with van der Waals surface area (Å²) in [5, 5.41) is 0. The number of ether oxygens (including phenoxy) is 2. The first-order valence-electron chi connectivity index (χ1n) is 8.81. The van der Waals surface area contributed by atoms with Crippen molar-refractivity contribution in [1.29, 1.82) is 0 Å². The van der Waals surface area contributed by atoms with Gasteiger partial charge in [-0.05, 0) is 35.9 Å². The Morgan fingerprint density at radius 3 is 2.90 bits per heavy atom. The molecule has 0 saturated heterocycles. The minimum atomic E-state index is -1.42. The summed E-state index contributed by atoms with van der Waals surface area (Å²) in [5.74, 6) is -0.296. The van der Waals surface area contributed by atoms with Gasteiger partial charge in [0.05, 0.1) is 11.8 Å². The summed E-state index contributed by atoms with van der Waals surface area (Å²) >= 11 is 0. The molecule has 0 radical (unpaired) electrons. The van der Waals surface area contributed by atoms with Crippen LogP contribution in [0.25, 0.3) is 11.9 Å². The predicted octanol–water partition coefficient (Wildman–Crippen LogP) is 2.42. The number of rotatable bonds is 3. The molecule has 0 spiro atoms. The molecule has 2 unspecified atom stereocenters. The van der Waals surface area contributed by atoms with Gasteiger partial charge in [-0.2, -0.15) is 0 Å². The molecule has 4 rings (SSSR count). The number of nitrogens with zero attached hydrogens (tertiary/aromatic N) is 3. The van der Waals surface area contributed by atoms with Gasteiger partial charge in [-0.25, -0.2) is 23.0 Å². The average molecular weight is 420 g/mol. The zero-order chi connectivity index (χ0) is 20.5. The lowest BCUT2D eigenvalue weighted by molar-refractivity contribution is 0.164. The molecule has 2 aliphatic rings. The second kappa shape index (κ2) is 7.78. The quantitative estimate of drug-likeness (QED) is 0.824. The Bertz CT molecular complexity index is 1040. The van der Waals surface area contributed by atoms with Crippen molar-refractivity contribution in [3.05, 3.63) is 53.0 Å². The summed E-state index contributed by atoms with van der Waals surface area (Å²) < 4.78 is 53.3. The maximum atomic E-state index is 14.7. The number of pyridine rings is 1. The predicted molar refractivity (Wildman–Crippen MR) is 106 cm³/mol. The SMILES string of the molecule is CN1C(N)=NC(c2cc(/C=C(\F)c3ccc4c(n3)OCCO4)ccc2F)CS1=O. The molecule has 2 N–H and O–H groups in total. The van der Waals surface area contributed by atoms with Gasteiger partial charge in [0.25, 0.3) is 5.88 Å². The molecular formula is C19H18F2N4O3S. The highest BCUT2D eigenvalue weighted by Gasteiger charge is 2.27. The number of nitrogens with two attached hydrogens (primary N) is 1. The monoisotopic (exact) mass is 420 g/mol. The molecule has 0 bridgehead atoms. The number of halogens is 2. The van der Waals surface area contributed by atoms with Crippen LogP contribution in [0.2, 0.25) is 0 Å². The molecule has 29 heavy (non-hydrogen) atoms. The fourth-order valence-corrected chi connectivity index (χ4v) is 3.98. The first kappa shape index (κ1) is 19.3. The van der Waals surface area contributed by atoms with E-state index in [0.29, 0.717) is 24.5 Å². The first-order chi connectivity index (χ1) is 13.9. The number of hydrogen-bond acceptors (Lipinski definition) is 6. The smallest absolute Gasteiger partial charge is 0.257 e. The van der Waals surface area contributed by atoms with E-state index < -0.39 is 28.7 Å². The number of benzene rings is 1. The van der Waals surface area contributed by atoms with Gasteiger partial charge < -0.3 is 15.2 Å². The van der Waals surface area contributed by atoms with Crippen molar-refractivity contribution in [2.75, 3.05) is 26.0 Å². The Balaban J connectivity index is 1.64. The highest BCUT2D eigenvalue weighted by atomic mass is 32.2. The maximum Gasteiger partial charge on any atom is 0.257 e. The number of guanidine groups is 1. The molecule has 2 aromatic rings. The van der Waals surface area contributed by atoms with Crippen molar-refractivity contribution < 1.29 is 22.5 Å². The van der Waals surface area contributed by atoms with Crippen LogP contribution in [0.5, 0.6) is 11.6 Å². The lowest BCUT2D eigenvalue weighted by Gasteiger charge is -2.26. The van der Waals surface area contributed by atoms with Crippen LogP contribution in [0.15, 0.2) is 35.3 Å². The van der Waals surface area contributed by atoms with Gasteiger partial charge in [-0.15, -0.1) is 0 Å². The summed E-state index contributed by atoms with van der Waals surface area (Å²) in [6.45, 7) is 0.761. The van der Waals surface area contributed by atoms with E-state index in [1.54, 1.807) is 13.1 Å². The highest BCUT2D eigenvalue weighted by molar-refractivity contribution is 7.83. The minimum absolute atomic E-state index is 0.0617. The summed E-state index contributed by atoms with van der Waals surface area (Å²) in [6.07, 6.45) is 1.24. The highest BCUT2D eigenvalue weighted by Crippen LogP contribution is 2.31. The van der Waals surface area contributed by atoms with E-state index >= 15 is 0 Å². The Morgan fingerprint density at radius 2 is 2.10 bits per heavy atom. The molecule has 10 heteroatoms. The normalized spacial score (nSPS) is 21.7. The summed E-state index contributed by atoms with van der Waals surface area (Å²) in [5.41, 5.74) is 6.44. The third kappa shape index (κ3) is 3.93. The average Bonchev–Trinajstić information content (AvgIpc) is 2.72. The largest absolute Gasteiger partial charge is 0.484 e. The third-order valence-corrected chi connectivity index (χ3v) is 5.94. The molecule has 3 heterocycles. The van der Waals surface area contributed by atoms with Crippen LogP contribution in [-0.2, 0) is 11.0 Å². The molecule has 7 nitrogen and oxygen atoms in total. The van der Waals surface area contributed by atoms with Crippen LogP contribution in [0, 0.1) is 5.82 Å². The molecule has 2 aliphatic heterocycles. The van der Waals surface area contributed by atoms with Crippen molar-refractivity contribution in [1.82, 2.24) is 9.29 Å². The molecule has 1 aromatic heterocycles. The molecular weight excluding hydrogens is 402 g/mol. The van der Waals surface area contributed by atoms with Crippen LogP contribution in [0.3, 0.4) is 0 Å². The second-order valence-electron chi connectivity index (χ2n) is 6.46. The van der Waals surface area contributed by atoms with E-state index in [4.69, 9.17) is 15.2 Å². The van der Waals surface area contributed by atoms with Gasteiger partial charge in [0.2, 0.25) is 5.96 Å². The van der Waals surface area contributed by atoms with Crippen LogP contribution < -0.4 is 15.2 Å². The van der Waals surface area contributed by atoms with Crippen molar-refractivity contribution in [3.63, 3.8) is 0 Å². The number of aromatic nitrogens is 1. The molecule has 2 atom stereocenters. The fraction of sp³-hybridized carbons (Fsp3) is 0.263. The fourth-order valence-electron chi connectivity index (χ4n) is 2.98. The van der Waals surface area contributed by atoms with Crippen LogP contribution >= 0.6 is 0 Å². The van der Waals surface area contributed by atoms with Gasteiger partial charge in [-0.1, -0.05) is 6.07 Å². The molecule has 0 saturated carbocycles. The number of aliphatic imine (C=N–C) groups is 1. The second-order valence-corrected chi connectivity index (χ2v) is 7.98. The van der Waals surface area contributed by atoms with Crippen LogP contribution in [-0.4, -0.2) is 45.5 Å². The van der Waals surface area contributed by atoms with E-state index in [0.717, 1.165) is 0 Å². The standard InChI is InChI=1S/C19H18F2N4O3S/c1-25-19(22)24-16(10-29(25)26)12-8-11(2-3-13(12)20)9-14(21)15-4-5-17-18(23-15)28-7-6-27-17/h2-5,8-9,16H,6-7,10H2,1H3,(H2,22,24)/b14-9-. The third-order valence-electron chi connectivity index (χ3n) is 4.54. The Labute approximate surface area is 168 Å². The van der Waals surface area contributed by atoms with Crippen LogP contribution in [0.4, 0.5) is 8.78 Å². The lowest BCUT2D eigenvalue weighted by Crippen LogP contribution is -2.41. The van der Waals surface area contributed by atoms with Crippen molar-refractivity contribution in [3.8, 4) is 11.6 Å².